The molecule has 1 unspecified atom stereocenters. The summed E-state index contributed by atoms with van der Waals surface area (Å²) in [5.41, 5.74) is 1.12. The van der Waals surface area contributed by atoms with Gasteiger partial charge >= 0.3 is 11.9 Å². The molecule has 1 atom stereocenters. The third-order valence-corrected chi connectivity index (χ3v) is 4.55. The Morgan fingerprint density at radius 3 is 2.37 bits per heavy atom. The van der Waals surface area contributed by atoms with Gasteiger partial charge in [-0.2, -0.15) is 0 Å². The lowest BCUT2D eigenvalue weighted by Gasteiger charge is -2.38. The monoisotopic (exact) mass is 369 g/mol. The van der Waals surface area contributed by atoms with E-state index in [0.29, 0.717) is 18.8 Å². The van der Waals surface area contributed by atoms with E-state index in [1.807, 2.05) is 23.1 Å². The number of pyridine rings is 1. The number of aromatic nitrogens is 1. The fraction of sp³-hybridized carbons (Fsp3) is 0.350. The maximum atomic E-state index is 12.3. The smallest absolute Gasteiger partial charge is 0.351 e. The molecule has 1 aromatic carbocycles. The fourth-order valence-electron chi connectivity index (χ4n) is 2.96. The molecular formula is C20H23N3O4. The first kappa shape index (κ1) is 18.8. The lowest BCUT2D eigenvalue weighted by atomic mass is 10.2. The van der Waals surface area contributed by atoms with Crippen LogP contribution in [0.15, 0.2) is 54.9 Å². The maximum absolute atomic E-state index is 12.3. The zero-order chi connectivity index (χ0) is 19.1. The molecule has 1 aliphatic rings. The van der Waals surface area contributed by atoms with Gasteiger partial charge in [-0.15, -0.1) is 0 Å². The molecule has 7 heteroatoms. The van der Waals surface area contributed by atoms with Crippen molar-refractivity contribution in [3.05, 3.63) is 54.9 Å². The van der Waals surface area contributed by atoms with E-state index in [1.165, 1.54) is 0 Å². The summed E-state index contributed by atoms with van der Waals surface area (Å²) in [6.45, 7) is 4.49. The summed E-state index contributed by atoms with van der Waals surface area (Å²) in [4.78, 5) is 32.4. The van der Waals surface area contributed by atoms with Crippen LogP contribution in [-0.4, -0.2) is 60.7 Å². The molecule has 1 aliphatic heterocycles. The number of carbonyl (C=O) groups excluding carboxylic acids is 2. The van der Waals surface area contributed by atoms with E-state index in [9.17, 15) is 9.59 Å². The lowest BCUT2D eigenvalue weighted by Crippen LogP contribution is -2.52. The summed E-state index contributed by atoms with van der Waals surface area (Å²) < 4.78 is 10.2. The largest absolute Gasteiger partial charge is 0.482 e. The predicted molar refractivity (Wildman–Crippen MR) is 101 cm³/mol. The van der Waals surface area contributed by atoms with E-state index in [0.717, 1.165) is 18.8 Å². The number of carbonyl (C=O) groups is 2. The zero-order valence-electron chi connectivity index (χ0n) is 15.3. The number of hydrogen-bond acceptors (Lipinski definition) is 7. The van der Waals surface area contributed by atoms with Crippen LogP contribution in [-0.2, 0) is 14.3 Å². The molecule has 142 valence electrons. The SMILES string of the molecule is CC(C(=O)OC(=O)COc1ccccc1)N1CCN(c2ccncc2)CC1. The van der Waals surface area contributed by atoms with E-state index < -0.39 is 18.0 Å². The van der Waals surface area contributed by atoms with Crippen molar-refractivity contribution in [3.8, 4) is 5.75 Å². The van der Waals surface area contributed by atoms with Gasteiger partial charge in [0, 0.05) is 44.3 Å². The molecule has 2 heterocycles. The fourth-order valence-corrected chi connectivity index (χ4v) is 2.96. The number of para-hydroxylation sites is 1. The average Bonchev–Trinajstić information content (AvgIpc) is 2.73. The van der Waals surface area contributed by atoms with Gasteiger partial charge in [0.05, 0.1) is 0 Å². The molecule has 0 spiro atoms. The van der Waals surface area contributed by atoms with Crippen molar-refractivity contribution < 1.29 is 19.1 Å². The van der Waals surface area contributed by atoms with Crippen molar-refractivity contribution in [2.45, 2.75) is 13.0 Å². The Hall–Kier alpha value is -2.93. The lowest BCUT2D eigenvalue weighted by molar-refractivity contribution is -0.164. The molecule has 7 nitrogen and oxygen atoms in total. The van der Waals surface area contributed by atoms with Gasteiger partial charge in [0.25, 0.3) is 0 Å². The van der Waals surface area contributed by atoms with Crippen LogP contribution in [0.4, 0.5) is 5.69 Å². The maximum Gasteiger partial charge on any atom is 0.351 e. The van der Waals surface area contributed by atoms with E-state index in [1.54, 1.807) is 43.6 Å². The van der Waals surface area contributed by atoms with Crippen LogP contribution in [0.25, 0.3) is 0 Å². The Balaban J connectivity index is 1.43. The van der Waals surface area contributed by atoms with Crippen molar-refractivity contribution in [2.24, 2.45) is 0 Å². The molecule has 0 saturated carbocycles. The minimum Gasteiger partial charge on any atom is -0.482 e. The molecule has 2 aromatic rings. The minimum atomic E-state index is -0.689. The quantitative estimate of drug-likeness (QED) is 0.567. The normalized spacial score (nSPS) is 15.8. The highest BCUT2D eigenvalue weighted by atomic mass is 16.6. The highest BCUT2D eigenvalue weighted by Gasteiger charge is 2.28. The number of ether oxygens (including phenoxy) is 2. The van der Waals surface area contributed by atoms with Gasteiger partial charge < -0.3 is 14.4 Å². The molecule has 1 aromatic heterocycles. The molecule has 0 radical (unpaired) electrons. The first-order valence-corrected chi connectivity index (χ1v) is 8.95. The van der Waals surface area contributed by atoms with E-state index in [2.05, 4.69) is 9.88 Å². The number of benzene rings is 1. The number of anilines is 1. The van der Waals surface area contributed by atoms with Crippen LogP contribution in [0.1, 0.15) is 6.92 Å². The molecule has 1 fully saturated rings. The van der Waals surface area contributed by atoms with Crippen LogP contribution in [0, 0.1) is 0 Å². The van der Waals surface area contributed by atoms with Crippen molar-refractivity contribution in [2.75, 3.05) is 37.7 Å². The summed E-state index contributed by atoms with van der Waals surface area (Å²) in [5, 5.41) is 0. The summed E-state index contributed by atoms with van der Waals surface area (Å²) in [6.07, 6.45) is 3.54. The third-order valence-electron chi connectivity index (χ3n) is 4.55. The Kier molecular flexibility index (Phi) is 6.38. The predicted octanol–water partition coefficient (Wildman–Crippen LogP) is 1.74. The van der Waals surface area contributed by atoms with Crippen molar-refractivity contribution in [1.82, 2.24) is 9.88 Å². The Morgan fingerprint density at radius 1 is 1.04 bits per heavy atom. The molecular weight excluding hydrogens is 346 g/mol. The second kappa shape index (κ2) is 9.14. The van der Waals surface area contributed by atoms with Gasteiger partial charge in [-0.25, -0.2) is 9.59 Å². The van der Waals surface area contributed by atoms with Crippen LogP contribution >= 0.6 is 0 Å². The third kappa shape index (κ3) is 5.27. The topological polar surface area (TPSA) is 72.0 Å². The standard InChI is InChI=1S/C20H23N3O4/c1-16(20(25)27-19(24)15-26-18-5-3-2-4-6-18)22-11-13-23(14-12-22)17-7-9-21-10-8-17/h2-10,16H,11-15H2,1H3. The minimum absolute atomic E-state index is 0.293. The van der Waals surface area contributed by atoms with Crippen molar-refractivity contribution in [3.63, 3.8) is 0 Å². The Labute approximate surface area is 158 Å². The van der Waals surface area contributed by atoms with Gasteiger partial charge in [0.1, 0.15) is 11.8 Å². The summed E-state index contributed by atoms with van der Waals surface area (Å²) in [7, 11) is 0. The van der Waals surface area contributed by atoms with E-state index in [-0.39, 0.29) is 6.61 Å². The molecule has 1 saturated heterocycles. The van der Waals surface area contributed by atoms with Crippen molar-refractivity contribution >= 4 is 17.6 Å². The average molecular weight is 369 g/mol. The molecule has 0 amide bonds. The second-order valence-corrected chi connectivity index (χ2v) is 6.30. The number of esters is 2. The van der Waals surface area contributed by atoms with Crippen LogP contribution in [0.3, 0.4) is 0 Å². The number of rotatable bonds is 6. The van der Waals surface area contributed by atoms with Crippen LogP contribution < -0.4 is 9.64 Å². The Bertz CT molecular complexity index is 746. The van der Waals surface area contributed by atoms with Crippen molar-refractivity contribution in [1.29, 1.82) is 0 Å². The van der Waals surface area contributed by atoms with Crippen LogP contribution in [0.2, 0.25) is 0 Å². The molecule has 0 aliphatic carbocycles. The van der Waals surface area contributed by atoms with Crippen LogP contribution in [0.5, 0.6) is 5.75 Å². The summed E-state index contributed by atoms with van der Waals surface area (Å²) in [6, 6.07) is 12.4. The molecule has 0 bridgehead atoms. The number of nitrogens with zero attached hydrogens (tertiary/aromatic N) is 3. The van der Waals surface area contributed by atoms with Gasteiger partial charge in [0.2, 0.25) is 0 Å². The molecule has 3 rings (SSSR count). The first-order valence-electron chi connectivity index (χ1n) is 8.95. The van der Waals surface area contributed by atoms with Gasteiger partial charge in [0.15, 0.2) is 6.61 Å². The highest BCUT2D eigenvalue weighted by Crippen LogP contribution is 2.16. The summed E-state index contributed by atoms with van der Waals surface area (Å²) >= 11 is 0. The zero-order valence-corrected chi connectivity index (χ0v) is 15.3. The molecule has 0 N–H and O–H groups in total. The second-order valence-electron chi connectivity index (χ2n) is 6.30. The summed E-state index contributed by atoms with van der Waals surface area (Å²) in [5.74, 6) is -0.678. The molecule has 27 heavy (non-hydrogen) atoms. The number of hydrogen-bond donors (Lipinski definition) is 0. The van der Waals surface area contributed by atoms with Gasteiger partial charge in [-0.05, 0) is 31.2 Å². The van der Waals surface area contributed by atoms with E-state index in [4.69, 9.17) is 9.47 Å². The van der Waals surface area contributed by atoms with Gasteiger partial charge in [-0.3, -0.25) is 9.88 Å². The van der Waals surface area contributed by atoms with E-state index >= 15 is 0 Å². The number of piperazine rings is 1. The highest BCUT2D eigenvalue weighted by molar-refractivity contribution is 5.88. The van der Waals surface area contributed by atoms with Gasteiger partial charge in [-0.1, -0.05) is 18.2 Å². The Morgan fingerprint density at radius 2 is 1.70 bits per heavy atom. The first-order chi connectivity index (χ1) is 13.1.